The first-order valence-corrected chi connectivity index (χ1v) is 10.4. The average molecular weight is 461 g/mol. The maximum atomic E-state index is 12.5. The van der Waals surface area contributed by atoms with Crippen LogP contribution in [0.1, 0.15) is 5.56 Å². The largest absolute Gasteiger partial charge is 0.496 e. The number of para-hydroxylation sites is 1. The van der Waals surface area contributed by atoms with Crippen LogP contribution in [0.15, 0.2) is 58.2 Å². The fourth-order valence-corrected chi connectivity index (χ4v) is 3.81. The summed E-state index contributed by atoms with van der Waals surface area (Å²) >= 11 is 4.79. The van der Waals surface area contributed by atoms with Crippen LogP contribution in [-0.2, 0) is 18.4 Å². The number of ether oxygens (including phenoxy) is 1. The zero-order valence-corrected chi connectivity index (χ0v) is 18.3. The van der Waals surface area contributed by atoms with E-state index in [1.165, 1.54) is 11.8 Å². The summed E-state index contributed by atoms with van der Waals surface area (Å²) in [5, 5.41) is 9.20. The zero-order valence-electron chi connectivity index (χ0n) is 15.9. The molecule has 1 aromatic heterocycles. The minimum absolute atomic E-state index is 0.0368. The van der Waals surface area contributed by atoms with E-state index in [2.05, 4.69) is 26.1 Å². The molecule has 2 aromatic carbocycles. The topological polar surface area (TPSA) is 60.3 Å². The number of nitrogens with zero attached hydrogens (tertiary/aromatic N) is 4. The number of carbonyl (C=O) groups excluding carboxylic acids is 1. The van der Waals surface area contributed by atoms with Crippen LogP contribution >= 0.6 is 27.7 Å². The van der Waals surface area contributed by atoms with Gasteiger partial charge in [0.25, 0.3) is 0 Å². The number of thioether (sulfide) groups is 1. The van der Waals surface area contributed by atoms with Gasteiger partial charge in [-0.2, -0.15) is 0 Å². The Balaban J connectivity index is 1.64. The highest BCUT2D eigenvalue weighted by atomic mass is 79.9. The van der Waals surface area contributed by atoms with Crippen molar-refractivity contribution >= 4 is 33.6 Å². The standard InChI is InChI=1S/C20H21BrN4O2S/c1-24(12-14-8-10-15(21)11-9-14)18(26)13-28-20-23-22-19(25(20)2)16-6-4-5-7-17(16)27-3/h4-11H,12-13H2,1-3H3. The highest BCUT2D eigenvalue weighted by Gasteiger charge is 2.17. The van der Waals surface area contributed by atoms with Crippen LogP contribution in [0, 0.1) is 0 Å². The van der Waals surface area contributed by atoms with Gasteiger partial charge in [0.2, 0.25) is 5.91 Å². The molecule has 0 saturated carbocycles. The number of aromatic nitrogens is 3. The summed E-state index contributed by atoms with van der Waals surface area (Å²) in [6, 6.07) is 15.6. The Morgan fingerprint density at radius 3 is 2.61 bits per heavy atom. The number of benzene rings is 2. The van der Waals surface area contributed by atoms with E-state index >= 15 is 0 Å². The summed E-state index contributed by atoms with van der Waals surface area (Å²) in [7, 11) is 5.33. The molecular formula is C20H21BrN4O2S. The summed E-state index contributed by atoms with van der Waals surface area (Å²) in [5.41, 5.74) is 1.95. The second-order valence-corrected chi connectivity index (χ2v) is 8.09. The minimum Gasteiger partial charge on any atom is -0.496 e. The first-order chi connectivity index (χ1) is 13.5. The number of hydrogen-bond donors (Lipinski definition) is 0. The molecule has 0 saturated heterocycles. The first-order valence-electron chi connectivity index (χ1n) is 8.63. The molecule has 0 aliphatic rings. The molecule has 8 heteroatoms. The maximum absolute atomic E-state index is 12.5. The Bertz CT molecular complexity index is 959. The normalized spacial score (nSPS) is 10.7. The van der Waals surface area contributed by atoms with Gasteiger partial charge < -0.3 is 14.2 Å². The quantitative estimate of drug-likeness (QED) is 0.498. The summed E-state index contributed by atoms with van der Waals surface area (Å²) < 4.78 is 8.31. The monoisotopic (exact) mass is 460 g/mol. The maximum Gasteiger partial charge on any atom is 0.233 e. The van der Waals surface area contributed by atoms with Crippen LogP contribution in [-0.4, -0.2) is 45.5 Å². The zero-order chi connectivity index (χ0) is 20.1. The van der Waals surface area contributed by atoms with Crippen molar-refractivity contribution in [3.8, 4) is 17.1 Å². The Kier molecular flexibility index (Phi) is 6.74. The molecule has 3 rings (SSSR count). The number of halogens is 1. The molecule has 146 valence electrons. The molecule has 0 fully saturated rings. The summed E-state index contributed by atoms with van der Waals surface area (Å²) in [6.07, 6.45) is 0. The van der Waals surface area contributed by atoms with Crippen molar-refractivity contribution in [1.82, 2.24) is 19.7 Å². The van der Waals surface area contributed by atoms with E-state index in [0.29, 0.717) is 23.3 Å². The lowest BCUT2D eigenvalue weighted by Crippen LogP contribution is -2.27. The van der Waals surface area contributed by atoms with E-state index < -0.39 is 0 Å². The SMILES string of the molecule is COc1ccccc1-c1nnc(SCC(=O)N(C)Cc2ccc(Br)cc2)n1C. The third-order valence-corrected chi connectivity index (χ3v) is 5.80. The third-order valence-electron chi connectivity index (χ3n) is 4.27. The molecule has 0 N–H and O–H groups in total. The van der Waals surface area contributed by atoms with Gasteiger partial charge >= 0.3 is 0 Å². The minimum atomic E-state index is 0.0368. The van der Waals surface area contributed by atoms with Crippen LogP contribution in [0.25, 0.3) is 11.4 Å². The lowest BCUT2D eigenvalue weighted by molar-refractivity contribution is -0.127. The van der Waals surface area contributed by atoms with Gasteiger partial charge in [0.1, 0.15) is 5.75 Å². The van der Waals surface area contributed by atoms with E-state index in [-0.39, 0.29) is 5.91 Å². The van der Waals surface area contributed by atoms with E-state index in [9.17, 15) is 4.79 Å². The molecule has 0 unspecified atom stereocenters. The van der Waals surface area contributed by atoms with E-state index in [1.54, 1.807) is 12.0 Å². The fourth-order valence-electron chi connectivity index (χ4n) is 2.69. The van der Waals surface area contributed by atoms with Gasteiger partial charge in [0, 0.05) is 25.1 Å². The number of hydrogen-bond acceptors (Lipinski definition) is 5. The van der Waals surface area contributed by atoms with Gasteiger partial charge in [0.05, 0.1) is 18.4 Å². The average Bonchev–Trinajstić information content (AvgIpc) is 3.08. The number of amides is 1. The van der Waals surface area contributed by atoms with Crippen molar-refractivity contribution in [2.45, 2.75) is 11.7 Å². The van der Waals surface area contributed by atoms with Gasteiger partial charge in [-0.05, 0) is 29.8 Å². The van der Waals surface area contributed by atoms with Crippen molar-refractivity contribution in [2.75, 3.05) is 19.9 Å². The van der Waals surface area contributed by atoms with Crippen molar-refractivity contribution in [3.63, 3.8) is 0 Å². The molecule has 6 nitrogen and oxygen atoms in total. The van der Waals surface area contributed by atoms with Crippen LogP contribution in [0.3, 0.4) is 0 Å². The van der Waals surface area contributed by atoms with Crippen LogP contribution in [0.4, 0.5) is 0 Å². The Morgan fingerprint density at radius 1 is 1.18 bits per heavy atom. The van der Waals surface area contributed by atoms with Gasteiger partial charge in [-0.3, -0.25) is 4.79 Å². The first kappa shape index (κ1) is 20.4. The van der Waals surface area contributed by atoms with Gasteiger partial charge in [-0.1, -0.05) is 52.0 Å². The second-order valence-electron chi connectivity index (χ2n) is 6.23. The molecule has 0 atom stereocenters. The fraction of sp³-hybridized carbons (Fsp3) is 0.250. The lowest BCUT2D eigenvalue weighted by Gasteiger charge is -2.17. The molecule has 0 bridgehead atoms. The predicted octanol–water partition coefficient (Wildman–Crippen LogP) is 4.00. The molecule has 0 aliphatic heterocycles. The number of rotatable bonds is 7. The Labute approximate surface area is 177 Å². The molecule has 3 aromatic rings. The van der Waals surface area contributed by atoms with Crippen molar-refractivity contribution < 1.29 is 9.53 Å². The Morgan fingerprint density at radius 2 is 1.89 bits per heavy atom. The van der Waals surface area contributed by atoms with Gasteiger partial charge in [0.15, 0.2) is 11.0 Å². The number of carbonyl (C=O) groups is 1. The molecule has 1 amide bonds. The molecular weight excluding hydrogens is 440 g/mol. The van der Waals surface area contributed by atoms with Crippen LogP contribution in [0.2, 0.25) is 0 Å². The van der Waals surface area contributed by atoms with E-state index in [1.807, 2.05) is 67.2 Å². The van der Waals surface area contributed by atoms with Gasteiger partial charge in [-0.15, -0.1) is 10.2 Å². The highest BCUT2D eigenvalue weighted by Crippen LogP contribution is 2.30. The smallest absolute Gasteiger partial charge is 0.233 e. The van der Waals surface area contributed by atoms with Gasteiger partial charge in [-0.25, -0.2) is 0 Å². The van der Waals surface area contributed by atoms with Crippen molar-refractivity contribution in [3.05, 3.63) is 58.6 Å². The molecule has 28 heavy (non-hydrogen) atoms. The molecule has 0 aliphatic carbocycles. The second kappa shape index (κ2) is 9.25. The summed E-state index contributed by atoms with van der Waals surface area (Å²) in [6.45, 7) is 0.567. The predicted molar refractivity (Wildman–Crippen MR) is 114 cm³/mol. The molecule has 1 heterocycles. The van der Waals surface area contributed by atoms with E-state index in [4.69, 9.17) is 4.74 Å². The van der Waals surface area contributed by atoms with Crippen LogP contribution < -0.4 is 4.74 Å². The summed E-state index contributed by atoms with van der Waals surface area (Å²) in [4.78, 5) is 14.2. The summed E-state index contributed by atoms with van der Waals surface area (Å²) in [5.74, 6) is 1.77. The molecule has 0 radical (unpaired) electrons. The lowest BCUT2D eigenvalue weighted by atomic mass is 10.2. The Hall–Kier alpha value is -2.32. The molecule has 0 spiro atoms. The van der Waals surface area contributed by atoms with E-state index in [0.717, 1.165) is 21.3 Å². The highest BCUT2D eigenvalue weighted by molar-refractivity contribution is 9.10. The van der Waals surface area contributed by atoms with Crippen LogP contribution in [0.5, 0.6) is 5.75 Å². The third kappa shape index (κ3) is 4.74. The van der Waals surface area contributed by atoms with Crippen molar-refractivity contribution in [2.24, 2.45) is 7.05 Å². The number of methoxy groups -OCH3 is 1. The van der Waals surface area contributed by atoms with Crippen molar-refractivity contribution in [1.29, 1.82) is 0 Å².